The molecule has 30 heavy (non-hydrogen) atoms. The SMILES string of the molecule is c1cc2c3c(c1)-c1c(ccc4ccccc14)-n1c4ccccc4c4ccc(c-3c41)C2. The summed E-state index contributed by atoms with van der Waals surface area (Å²) in [5.74, 6) is 0. The van der Waals surface area contributed by atoms with Crippen LogP contribution in [0, 0.1) is 0 Å². The second kappa shape index (κ2) is 5.01. The molecule has 138 valence electrons. The van der Waals surface area contributed by atoms with Crippen molar-refractivity contribution in [1.29, 1.82) is 0 Å². The molecular formula is C29H17N. The van der Waals surface area contributed by atoms with E-state index in [0.29, 0.717) is 0 Å². The highest BCUT2D eigenvalue weighted by Gasteiger charge is 2.31. The van der Waals surface area contributed by atoms with Crippen molar-refractivity contribution in [3.63, 3.8) is 0 Å². The molecule has 0 radical (unpaired) electrons. The molecule has 1 heteroatoms. The van der Waals surface area contributed by atoms with Gasteiger partial charge in [0.25, 0.3) is 0 Å². The fraction of sp³-hybridized carbons (Fsp3) is 0.0345. The molecule has 2 aliphatic rings. The predicted octanol–water partition coefficient (Wildman–Crippen LogP) is 7.49. The first kappa shape index (κ1) is 15.1. The van der Waals surface area contributed by atoms with Gasteiger partial charge < -0.3 is 4.57 Å². The Labute approximate surface area is 173 Å². The van der Waals surface area contributed by atoms with Crippen molar-refractivity contribution in [1.82, 2.24) is 4.57 Å². The van der Waals surface area contributed by atoms with Gasteiger partial charge in [0.1, 0.15) is 0 Å². The third-order valence-electron chi connectivity index (χ3n) is 7.12. The van der Waals surface area contributed by atoms with Crippen molar-refractivity contribution in [2.24, 2.45) is 0 Å². The molecule has 5 aromatic carbocycles. The van der Waals surface area contributed by atoms with E-state index >= 15 is 0 Å². The summed E-state index contributed by atoms with van der Waals surface area (Å²) >= 11 is 0. The maximum atomic E-state index is 2.53. The third-order valence-corrected chi connectivity index (χ3v) is 7.12. The number of hydrogen-bond donors (Lipinski definition) is 0. The molecule has 0 spiro atoms. The van der Waals surface area contributed by atoms with E-state index in [1.807, 2.05) is 0 Å². The van der Waals surface area contributed by atoms with Crippen LogP contribution in [0.4, 0.5) is 0 Å². The van der Waals surface area contributed by atoms with Gasteiger partial charge in [0.2, 0.25) is 0 Å². The minimum atomic E-state index is 1.02. The van der Waals surface area contributed by atoms with Gasteiger partial charge in [-0.05, 0) is 51.6 Å². The minimum Gasteiger partial charge on any atom is -0.308 e. The Balaban J connectivity index is 1.75. The average molecular weight is 379 g/mol. The van der Waals surface area contributed by atoms with Gasteiger partial charge in [0.05, 0.1) is 16.7 Å². The van der Waals surface area contributed by atoms with Crippen LogP contribution in [0.5, 0.6) is 0 Å². The second-order valence-corrected chi connectivity index (χ2v) is 8.55. The van der Waals surface area contributed by atoms with Crippen molar-refractivity contribution >= 4 is 32.6 Å². The quantitative estimate of drug-likeness (QED) is 0.257. The average Bonchev–Trinajstić information content (AvgIpc) is 3.29. The summed E-state index contributed by atoms with van der Waals surface area (Å²) in [5.41, 5.74) is 12.5. The zero-order valence-electron chi connectivity index (χ0n) is 16.3. The molecule has 0 bridgehead atoms. The fourth-order valence-electron chi connectivity index (χ4n) is 5.96. The van der Waals surface area contributed by atoms with Crippen molar-refractivity contribution < 1.29 is 0 Å². The van der Waals surface area contributed by atoms with E-state index in [4.69, 9.17) is 0 Å². The van der Waals surface area contributed by atoms with Gasteiger partial charge in [0.15, 0.2) is 0 Å². The number of nitrogens with zero attached hydrogens (tertiary/aromatic N) is 1. The van der Waals surface area contributed by atoms with Crippen LogP contribution in [0.2, 0.25) is 0 Å². The lowest BCUT2D eigenvalue weighted by Gasteiger charge is -2.16. The Kier molecular flexibility index (Phi) is 2.51. The predicted molar refractivity (Wildman–Crippen MR) is 126 cm³/mol. The largest absolute Gasteiger partial charge is 0.308 e. The van der Waals surface area contributed by atoms with E-state index in [2.05, 4.69) is 95.6 Å². The number of rotatable bonds is 0. The summed E-state index contributed by atoms with van der Waals surface area (Å²) < 4.78 is 2.53. The number of hydrogen-bond acceptors (Lipinski definition) is 0. The molecule has 1 aromatic heterocycles. The summed E-state index contributed by atoms with van der Waals surface area (Å²) in [4.78, 5) is 0. The van der Waals surface area contributed by atoms with Crippen molar-refractivity contribution in [2.45, 2.75) is 6.42 Å². The molecule has 6 aromatic rings. The lowest BCUT2D eigenvalue weighted by molar-refractivity contribution is 1.19. The first-order chi connectivity index (χ1) is 14.9. The van der Waals surface area contributed by atoms with E-state index in [1.165, 1.54) is 71.6 Å². The van der Waals surface area contributed by atoms with Crippen LogP contribution in [0.3, 0.4) is 0 Å². The van der Waals surface area contributed by atoms with Gasteiger partial charge in [-0.2, -0.15) is 0 Å². The molecule has 2 heterocycles. The molecule has 1 aliphatic heterocycles. The molecular weight excluding hydrogens is 362 g/mol. The molecule has 0 saturated carbocycles. The van der Waals surface area contributed by atoms with Crippen LogP contribution in [0.15, 0.2) is 91.0 Å². The molecule has 0 amide bonds. The number of fused-ring (bicyclic) bond motifs is 8. The Hall–Kier alpha value is -3.84. The molecule has 1 nitrogen and oxygen atoms in total. The molecule has 0 atom stereocenters. The monoisotopic (exact) mass is 379 g/mol. The van der Waals surface area contributed by atoms with Gasteiger partial charge in [-0.3, -0.25) is 0 Å². The lowest BCUT2D eigenvalue weighted by atomic mass is 9.90. The first-order valence-corrected chi connectivity index (χ1v) is 10.6. The van der Waals surface area contributed by atoms with Gasteiger partial charge in [-0.15, -0.1) is 0 Å². The van der Waals surface area contributed by atoms with E-state index in [0.717, 1.165) is 6.42 Å². The first-order valence-electron chi connectivity index (χ1n) is 10.6. The minimum absolute atomic E-state index is 1.02. The summed E-state index contributed by atoms with van der Waals surface area (Å²) in [6.45, 7) is 0. The molecule has 0 N–H and O–H groups in total. The lowest BCUT2D eigenvalue weighted by Crippen LogP contribution is -1.97. The van der Waals surface area contributed by atoms with E-state index in [1.54, 1.807) is 0 Å². The van der Waals surface area contributed by atoms with Crippen LogP contribution in [-0.4, -0.2) is 4.57 Å². The third kappa shape index (κ3) is 1.59. The fourth-order valence-corrected chi connectivity index (χ4v) is 5.96. The molecule has 0 fully saturated rings. The Morgan fingerprint density at radius 1 is 0.533 bits per heavy atom. The summed E-state index contributed by atoms with van der Waals surface area (Å²) in [6.07, 6.45) is 1.02. The zero-order valence-corrected chi connectivity index (χ0v) is 16.3. The smallest absolute Gasteiger partial charge is 0.0622 e. The van der Waals surface area contributed by atoms with E-state index < -0.39 is 0 Å². The summed E-state index contributed by atoms with van der Waals surface area (Å²) in [5, 5.41) is 5.32. The summed E-state index contributed by atoms with van der Waals surface area (Å²) in [6, 6.07) is 33.8. The van der Waals surface area contributed by atoms with Gasteiger partial charge in [-0.1, -0.05) is 78.9 Å². The Morgan fingerprint density at radius 3 is 2.33 bits per heavy atom. The number of benzene rings is 5. The van der Waals surface area contributed by atoms with E-state index in [-0.39, 0.29) is 0 Å². The molecule has 1 aliphatic carbocycles. The van der Waals surface area contributed by atoms with Crippen molar-refractivity contribution in [2.75, 3.05) is 0 Å². The maximum Gasteiger partial charge on any atom is 0.0622 e. The molecule has 0 unspecified atom stereocenters. The van der Waals surface area contributed by atoms with Gasteiger partial charge in [-0.25, -0.2) is 0 Å². The zero-order chi connectivity index (χ0) is 19.4. The van der Waals surface area contributed by atoms with Crippen molar-refractivity contribution in [3.05, 3.63) is 102 Å². The number of aromatic nitrogens is 1. The number of para-hydroxylation sites is 1. The van der Waals surface area contributed by atoms with Crippen LogP contribution in [-0.2, 0) is 6.42 Å². The van der Waals surface area contributed by atoms with Gasteiger partial charge in [0, 0.05) is 21.9 Å². The summed E-state index contributed by atoms with van der Waals surface area (Å²) in [7, 11) is 0. The molecule has 0 saturated heterocycles. The standard InChI is InChI=1S/C29H17N/c1-2-8-20-17(6-1)13-15-25-28(20)23-10-5-7-18-16-19-12-14-22-21-9-3-4-11-24(21)30(25)29(22)27(19)26(18)23/h1-15H,16H2. The Morgan fingerprint density at radius 2 is 1.37 bits per heavy atom. The van der Waals surface area contributed by atoms with Crippen LogP contribution < -0.4 is 0 Å². The van der Waals surface area contributed by atoms with Crippen LogP contribution >= 0.6 is 0 Å². The second-order valence-electron chi connectivity index (χ2n) is 8.55. The Bertz CT molecular complexity index is 1710. The highest BCUT2D eigenvalue weighted by molar-refractivity contribution is 6.20. The van der Waals surface area contributed by atoms with Crippen LogP contribution in [0.25, 0.3) is 60.5 Å². The van der Waals surface area contributed by atoms with E-state index in [9.17, 15) is 0 Å². The maximum absolute atomic E-state index is 2.53. The highest BCUT2D eigenvalue weighted by Crippen LogP contribution is 2.53. The van der Waals surface area contributed by atoms with Gasteiger partial charge >= 0.3 is 0 Å². The molecule has 8 rings (SSSR count). The van der Waals surface area contributed by atoms with Crippen LogP contribution in [0.1, 0.15) is 11.1 Å². The topological polar surface area (TPSA) is 4.93 Å². The normalized spacial score (nSPS) is 13.2. The van der Waals surface area contributed by atoms with Crippen molar-refractivity contribution in [3.8, 4) is 27.9 Å². The highest BCUT2D eigenvalue weighted by atomic mass is 15.0.